The zero-order valence-corrected chi connectivity index (χ0v) is 13.8. The van der Waals surface area contributed by atoms with Gasteiger partial charge in [0.2, 0.25) is 11.8 Å². The Morgan fingerprint density at radius 1 is 1.21 bits per heavy atom. The molecule has 0 aliphatic carbocycles. The van der Waals surface area contributed by atoms with Gasteiger partial charge >= 0.3 is 0 Å². The normalized spacial score (nSPS) is 16.4. The number of amides is 2. The number of rotatable bonds is 3. The minimum Gasteiger partial charge on any atom is -0.491 e. The lowest BCUT2D eigenvalue weighted by molar-refractivity contribution is -0.125. The molecule has 5 heteroatoms. The van der Waals surface area contributed by atoms with Crippen molar-refractivity contribution in [2.75, 3.05) is 17.2 Å². The highest BCUT2D eigenvalue weighted by Gasteiger charge is 2.26. The summed E-state index contributed by atoms with van der Waals surface area (Å²) in [5.41, 5.74) is 3.54. The maximum Gasteiger partial charge on any atom is 0.231 e. The zero-order valence-electron chi connectivity index (χ0n) is 13.8. The van der Waals surface area contributed by atoms with Crippen LogP contribution < -0.4 is 15.4 Å². The van der Waals surface area contributed by atoms with Crippen molar-refractivity contribution in [3.8, 4) is 5.75 Å². The van der Waals surface area contributed by atoms with Crippen molar-refractivity contribution in [3.63, 3.8) is 0 Å². The Kier molecular flexibility index (Phi) is 4.51. The fourth-order valence-corrected chi connectivity index (χ4v) is 2.83. The van der Waals surface area contributed by atoms with Gasteiger partial charge in [-0.15, -0.1) is 0 Å². The quantitative estimate of drug-likeness (QED) is 0.910. The highest BCUT2D eigenvalue weighted by molar-refractivity contribution is 5.99. The Balaban J connectivity index is 1.65. The predicted molar refractivity (Wildman–Crippen MR) is 93.2 cm³/mol. The van der Waals surface area contributed by atoms with E-state index in [1.54, 1.807) is 12.1 Å². The van der Waals surface area contributed by atoms with Gasteiger partial charge in [0.25, 0.3) is 0 Å². The smallest absolute Gasteiger partial charge is 0.231 e. The molecule has 124 valence electrons. The SMILES string of the molecule is Cc1cc(C)cc(NC(=O)C[C@@H]2COc3ccccc3NC2=O)c1. The van der Waals surface area contributed by atoms with E-state index in [2.05, 4.69) is 10.6 Å². The fourth-order valence-electron chi connectivity index (χ4n) is 2.83. The number of ether oxygens (including phenoxy) is 1. The molecule has 2 aromatic rings. The average molecular weight is 324 g/mol. The molecule has 0 fully saturated rings. The Labute approximate surface area is 141 Å². The van der Waals surface area contributed by atoms with Crippen molar-refractivity contribution in [1.82, 2.24) is 0 Å². The Morgan fingerprint density at radius 2 is 1.92 bits per heavy atom. The van der Waals surface area contributed by atoms with E-state index in [9.17, 15) is 9.59 Å². The summed E-state index contributed by atoms with van der Waals surface area (Å²) in [6, 6.07) is 13.1. The van der Waals surface area contributed by atoms with Crippen molar-refractivity contribution in [2.24, 2.45) is 5.92 Å². The topological polar surface area (TPSA) is 67.4 Å². The molecule has 24 heavy (non-hydrogen) atoms. The molecule has 1 aliphatic rings. The lowest BCUT2D eigenvalue weighted by Crippen LogP contribution is -2.29. The summed E-state index contributed by atoms with van der Waals surface area (Å²) in [6.07, 6.45) is 0.0762. The number of fused-ring (bicyclic) bond motifs is 1. The van der Waals surface area contributed by atoms with Gasteiger partial charge in [0.05, 0.1) is 11.6 Å². The van der Waals surface area contributed by atoms with Crippen LogP contribution in [-0.4, -0.2) is 18.4 Å². The van der Waals surface area contributed by atoms with Crippen LogP contribution in [0.3, 0.4) is 0 Å². The summed E-state index contributed by atoms with van der Waals surface area (Å²) >= 11 is 0. The number of aryl methyl sites for hydroxylation is 2. The van der Waals surface area contributed by atoms with E-state index in [0.717, 1.165) is 16.8 Å². The third kappa shape index (κ3) is 3.74. The first-order chi connectivity index (χ1) is 11.5. The fraction of sp³-hybridized carbons (Fsp3) is 0.263. The molecule has 3 rings (SSSR count). The molecule has 0 bridgehead atoms. The first-order valence-corrected chi connectivity index (χ1v) is 7.92. The van der Waals surface area contributed by atoms with Gasteiger partial charge in [-0.3, -0.25) is 9.59 Å². The summed E-state index contributed by atoms with van der Waals surface area (Å²) in [5.74, 6) is -0.295. The molecule has 0 radical (unpaired) electrons. The predicted octanol–water partition coefficient (Wildman–Crippen LogP) is 3.28. The van der Waals surface area contributed by atoms with Crippen molar-refractivity contribution in [2.45, 2.75) is 20.3 Å². The van der Waals surface area contributed by atoms with Crippen LogP contribution in [0.4, 0.5) is 11.4 Å². The Bertz CT molecular complexity index is 766. The van der Waals surface area contributed by atoms with Crippen molar-refractivity contribution in [3.05, 3.63) is 53.6 Å². The van der Waals surface area contributed by atoms with Gasteiger partial charge in [-0.1, -0.05) is 18.2 Å². The molecule has 0 spiro atoms. The van der Waals surface area contributed by atoms with Crippen LogP contribution in [0.1, 0.15) is 17.5 Å². The standard InChI is InChI=1S/C19H20N2O3/c1-12-7-13(2)9-15(8-12)20-18(22)10-14-11-24-17-6-4-3-5-16(17)21-19(14)23/h3-9,14H,10-11H2,1-2H3,(H,20,22)(H,21,23)/t14-/m1/s1. The molecule has 0 saturated carbocycles. The summed E-state index contributed by atoms with van der Waals surface area (Å²) in [4.78, 5) is 24.6. The van der Waals surface area contributed by atoms with Gasteiger partial charge in [-0.25, -0.2) is 0 Å². The van der Waals surface area contributed by atoms with Crippen LogP contribution in [0.5, 0.6) is 5.75 Å². The number of anilines is 2. The minimum atomic E-state index is -0.525. The average Bonchev–Trinajstić information content (AvgIpc) is 2.66. The number of hydrogen-bond donors (Lipinski definition) is 2. The van der Waals surface area contributed by atoms with E-state index in [4.69, 9.17) is 4.74 Å². The molecule has 0 unspecified atom stereocenters. The lowest BCUT2D eigenvalue weighted by atomic mass is 10.0. The molecule has 0 saturated heterocycles. The third-order valence-electron chi connectivity index (χ3n) is 3.89. The van der Waals surface area contributed by atoms with Crippen LogP contribution in [0.15, 0.2) is 42.5 Å². The second kappa shape index (κ2) is 6.74. The van der Waals surface area contributed by atoms with Crippen LogP contribution in [0, 0.1) is 19.8 Å². The van der Waals surface area contributed by atoms with Crippen LogP contribution in [0.25, 0.3) is 0 Å². The number of carbonyl (C=O) groups is 2. The summed E-state index contributed by atoms with van der Waals surface area (Å²) in [5, 5.41) is 5.67. The van der Waals surface area contributed by atoms with Gasteiger partial charge in [-0.05, 0) is 49.2 Å². The van der Waals surface area contributed by atoms with Crippen molar-refractivity contribution < 1.29 is 14.3 Å². The first kappa shape index (κ1) is 16.1. The maximum absolute atomic E-state index is 12.3. The molecular weight excluding hydrogens is 304 g/mol. The zero-order chi connectivity index (χ0) is 17.1. The van der Waals surface area contributed by atoms with E-state index in [1.807, 2.05) is 44.2 Å². The Hall–Kier alpha value is -2.82. The lowest BCUT2D eigenvalue weighted by Gasteiger charge is -2.13. The van der Waals surface area contributed by atoms with Gasteiger partial charge in [0.1, 0.15) is 12.4 Å². The van der Waals surface area contributed by atoms with Gasteiger partial charge in [0.15, 0.2) is 0 Å². The monoisotopic (exact) mass is 324 g/mol. The van der Waals surface area contributed by atoms with E-state index in [0.29, 0.717) is 11.4 Å². The number of hydrogen-bond acceptors (Lipinski definition) is 3. The first-order valence-electron chi connectivity index (χ1n) is 7.92. The number of para-hydroxylation sites is 2. The molecule has 2 aromatic carbocycles. The number of benzene rings is 2. The molecule has 2 amide bonds. The molecule has 2 N–H and O–H groups in total. The van der Waals surface area contributed by atoms with Gasteiger partial charge in [0, 0.05) is 12.1 Å². The van der Waals surface area contributed by atoms with E-state index in [1.165, 1.54) is 0 Å². The van der Waals surface area contributed by atoms with E-state index < -0.39 is 5.92 Å². The summed E-state index contributed by atoms with van der Waals surface area (Å²) < 4.78 is 5.66. The second-order valence-electron chi connectivity index (χ2n) is 6.12. The van der Waals surface area contributed by atoms with Crippen LogP contribution >= 0.6 is 0 Å². The second-order valence-corrected chi connectivity index (χ2v) is 6.12. The number of carbonyl (C=O) groups excluding carboxylic acids is 2. The van der Waals surface area contributed by atoms with Gasteiger partial charge < -0.3 is 15.4 Å². The molecule has 1 atom stereocenters. The highest BCUT2D eigenvalue weighted by Crippen LogP contribution is 2.28. The molecule has 1 aliphatic heterocycles. The van der Waals surface area contributed by atoms with Crippen LogP contribution in [-0.2, 0) is 9.59 Å². The van der Waals surface area contributed by atoms with Crippen molar-refractivity contribution >= 4 is 23.2 Å². The van der Waals surface area contributed by atoms with E-state index >= 15 is 0 Å². The largest absolute Gasteiger partial charge is 0.491 e. The number of nitrogens with one attached hydrogen (secondary N) is 2. The van der Waals surface area contributed by atoms with Gasteiger partial charge in [-0.2, -0.15) is 0 Å². The van der Waals surface area contributed by atoms with E-state index in [-0.39, 0.29) is 24.8 Å². The maximum atomic E-state index is 12.3. The molecule has 0 aromatic heterocycles. The molecular formula is C19H20N2O3. The summed E-state index contributed by atoms with van der Waals surface area (Å²) in [7, 11) is 0. The van der Waals surface area contributed by atoms with Crippen LogP contribution in [0.2, 0.25) is 0 Å². The molecule has 5 nitrogen and oxygen atoms in total. The third-order valence-corrected chi connectivity index (χ3v) is 3.89. The molecule has 1 heterocycles. The van der Waals surface area contributed by atoms with Crippen molar-refractivity contribution in [1.29, 1.82) is 0 Å². The minimum absolute atomic E-state index is 0.0762. The summed E-state index contributed by atoms with van der Waals surface area (Å²) in [6.45, 7) is 4.14. The highest BCUT2D eigenvalue weighted by atomic mass is 16.5. The Morgan fingerprint density at radius 3 is 2.67 bits per heavy atom.